The van der Waals surface area contributed by atoms with Crippen LogP contribution in [0.2, 0.25) is 5.02 Å². The second kappa shape index (κ2) is 11.0. The number of hydrogen-bond donors (Lipinski definition) is 2. The summed E-state index contributed by atoms with van der Waals surface area (Å²) in [5.41, 5.74) is 0.281. The Labute approximate surface area is 182 Å². The fourth-order valence-corrected chi connectivity index (χ4v) is 3.23. The SMILES string of the molecule is CC(C)(C)OC(=O)NCC(=O)NCC1CCN(C(=O)/C=C/c2cccc(Cl)c2)CC1. The molecule has 0 spiro atoms. The molecule has 1 saturated heterocycles. The van der Waals surface area contributed by atoms with Crippen molar-refractivity contribution in [1.29, 1.82) is 0 Å². The Morgan fingerprint density at radius 2 is 1.90 bits per heavy atom. The van der Waals surface area contributed by atoms with Crippen molar-refractivity contribution in [3.8, 4) is 0 Å². The van der Waals surface area contributed by atoms with Gasteiger partial charge >= 0.3 is 6.09 Å². The number of rotatable bonds is 6. The number of carbonyl (C=O) groups is 3. The van der Waals surface area contributed by atoms with Crippen LogP contribution in [-0.4, -0.2) is 54.6 Å². The van der Waals surface area contributed by atoms with Gasteiger partial charge in [0, 0.05) is 30.7 Å². The van der Waals surface area contributed by atoms with Crippen LogP contribution >= 0.6 is 11.6 Å². The normalized spacial score (nSPS) is 15.1. The zero-order chi connectivity index (χ0) is 22.1. The van der Waals surface area contributed by atoms with Gasteiger partial charge in [-0.05, 0) is 63.3 Å². The number of hydrogen-bond acceptors (Lipinski definition) is 4. The number of nitrogens with zero attached hydrogens (tertiary/aromatic N) is 1. The van der Waals surface area contributed by atoms with Crippen LogP contribution in [0, 0.1) is 5.92 Å². The van der Waals surface area contributed by atoms with Gasteiger partial charge in [-0.3, -0.25) is 9.59 Å². The van der Waals surface area contributed by atoms with E-state index >= 15 is 0 Å². The number of amides is 3. The van der Waals surface area contributed by atoms with Gasteiger partial charge in [-0.1, -0.05) is 23.7 Å². The molecular formula is C22H30ClN3O4. The Balaban J connectivity index is 1.66. The van der Waals surface area contributed by atoms with Crippen molar-refractivity contribution in [2.45, 2.75) is 39.2 Å². The van der Waals surface area contributed by atoms with Crippen molar-refractivity contribution < 1.29 is 19.1 Å². The van der Waals surface area contributed by atoms with E-state index in [1.54, 1.807) is 45.1 Å². The van der Waals surface area contributed by atoms with Crippen LogP contribution in [0.25, 0.3) is 6.08 Å². The highest BCUT2D eigenvalue weighted by molar-refractivity contribution is 6.30. The van der Waals surface area contributed by atoms with Crippen molar-refractivity contribution in [2.75, 3.05) is 26.2 Å². The van der Waals surface area contributed by atoms with E-state index in [0.29, 0.717) is 30.6 Å². The molecule has 164 valence electrons. The van der Waals surface area contributed by atoms with Gasteiger partial charge in [0.25, 0.3) is 0 Å². The third-order valence-corrected chi connectivity index (χ3v) is 4.81. The van der Waals surface area contributed by atoms with Crippen LogP contribution in [0.1, 0.15) is 39.2 Å². The summed E-state index contributed by atoms with van der Waals surface area (Å²) in [6.45, 7) is 6.98. The molecule has 7 nitrogen and oxygen atoms in total. The minimum atomic E-state index is -0.615. The number of benzene rings is 1. The van der Waals surface area contributed by atoms with Gasteiger partial charge in [0.05, 0.1) is 6.54 Å². The average Bonchev–Trinajstić information content (AvgIpc) is 2.68. The van der Waals surface area contributed by atoms with E-state index in [2.05, 4.69) is 10.6 Å². The number of carbonyl (C=O) groups excluding carboxylic acids is 3. The maximum absolute atomic E-state index is 12.4. The van der Waals surface area contributed by atoms with Crippen molar-refractivity contribution in [2.24, 2.45) is 5.92 Å². The van der Waals surface area contributed by atoms with Crippen LogP contribution in [0.15, 0.2) is 30.3 Å². The summed E-state index contributed by atoms with van der Waals surface area (Å²) in [4.78, 5) is 37.6. The summed E-state index contributed by atoms with van der Waals surface area (Å²) in [6.07, 6.45) is 4.34. The second-order valence-electron chi connectivity index (χ2n) is 8.32. The Morgan fingerprint density at radius 3 is 2.53 bits per heavy atom. The fourth-order valence-electron chi connectivity index (χ4n) is 3.03. The van der Waals surface area contributed by atoms with Crippen molar-refractivity contribution >= 4 is 35.6 Å². The molecule has 0 atom stereocenters. The predicted octanol–water partition coefficient (Wildman–Crippen LogP) is 3.23. The van der Waals surface area contributed by atoms with E-state index in [1.165, 1.54) is 0 Å². The molecule has 1 aromatic rings. The first-order valence-corrected chi connectivity index (χ1v) is 10.5. The van der Waals surface area contributed by atoms with Gasteiger partial charge in [-0.2, -0.15) is 0 Å². The number of piperidine rings is 1. The molecule has 3 amide bonds. The molecule has 30 heavy (non-hydrogen) atoms. The number of halogens is 1. The summed E-state index contributed by atoms with van der Waals surface area (Å²) in [5, 5.41) is 5.90. The minimum absolute atomic E-state index is 0.0287. The molecule has 0 unspecified atom stereocenters. The molecule has 0 saturated carbocycles. The van der Waals surface area contributed by atoms with Gasteiger partial charge in [0.15, 0.2) is 0 Å². The molecule has 1 aromatic carbocycles. The molecule has 1 heterocycles. The van der Waals surface area contributed by atoms with Crippen molar-refractivity contribution in [3.63, 3.8) is 0 Å². The highest BCUT2D eigenvalue weighted by atomic mass is 35.5. The fraction of sp³-hybridized carbons (Fsp3) is 0.500. The van der Waals surface area contributed by atoms with E-state index in [9.17, 15) is 14.4 Å². The van der Waals surface area contributed by atoms with Crippen molar-refractivity contribution in [1.82, 2.24) is 15.5 Å². The zero-order valence-electron chi connectivity index (χ0n) is 17.7. The topological polar surface area (TPSA) is 87.7 Å². The molecular weight excluding hydrogens is 406 g/mol. The number of ether oxygens (including phenoxy) is 1. The molecule has 1 aliphatic rings. The summed E-state index contributed by atoms with van der Waals surface area (Å²) in [6, 6.07) is 7.33. The molecule has 0 bridgehead atoms. The van der Waals surface area contributed by atoms with Crippen LogP contribution in [0.5, 0.6) is 0 Å². The molecule has 2 N–H and O–H groups in total. The highest BCUT2D eigenvalue weighted by Gasteiger charge is 2.22. The molecule has 0 radical (unpaired) electrons. The predicted molar refractivity (Wildman–Crippen MR) is 117 cm³/mol. The molecule has 8 heteroatoms. The van der Waals surface area contributed by atoms with E-state index in [0.717, 1.165) is 18.4 Å². The lowest BCUT2D eigenvalue weighted by atomic mass is 9.96. The van der Waals surface area contributed by atoms with E-state index < -0.39 is 11.7 Å². The summed E-state index contributed by atoms with van der Waals surface area (Å²) in [5.74, 6) is 0.0132. The highest BCUT2D eigenvalue weighted by Crippen LogP contribution is 2.17. The van der Waals surface area contributed by atoms with E-state index in [4.69, 9.17) is 16.3 Å². The minimum Gasteiger partial charge on any atom is -0.444 e. The standard InChI is InChI=1S/C22H30ClN3O4/c1-22(2,3)30-21(29)25-15-19(27)24-14-17-9-11-26(12-10-17)20(28)8-7-16-5-4-6-18(23)13-16/h4-8,13,17H,9-12,14-15H2,1-3H3,(H,24,27)(H,25,29)/b8-7+. The van der Waals surface area contributed by atoms with Gasteiger partial charge in [-0.25, -0.2) is 4.79 Å². The maximum atomic E-state index is 12.4. The molecule has 1 aliphatic heterocycles. The Hall–Kier alpha value is -2.54. The lowest BCUT2D eigenvalue weighted by Gasteiger charge is -2.31. The Kier molecular flexibility index (Phi) is 8.72. The molecule has 1 fully saturated rings. The van der Waals surface area contributed by atoms with Crippen LogP contribution in [0.4, 0.5) is 4.79 Å². The Morgan fingerprint density at radius 1 is 1.20 bits per heavy atom. The first kappa shape index (κ1) is 23.7. The average molecular weight is 436 g/mol. The van der Waals surface area contributed by atoms with E-state index in [-0.39, 0.29) is 18.4 Å². The number of likely N-dealkylation sites (tertiary alicyclic amines) is 1. The number of nitrogens with one attached hydrogen (secondary N) is 2. The number of alkyl carbamates (subject to hydrolysis) is 1. The largest absolute Gasteiger partial charge is 0.444 e. The second-order valence-corrected chi connectivity index (χ2v) is 8.75. The van der Waals surface area contributed by atoms with Gasteiger partial charge in [-0.15, -0.1) is 0 Å². The molecule has 0 aromatic heterocycles. The first-order chi connectivity index (χ1) is 14.1. The lowest BCUT2D eigenvalue weighted by Crippen LogP contribution is -2.43. The summed E-state index contributed by atoms with van der Waals surface area (Å²) in [7, 11) is 0. The monoisotopic (exact) mass is 435 g/mol. The summed E-state index contributed by atoms with van der Waals surface area (Å²) < 4.78 is 5.09. The van der Waals surface area contributed by atoms with Crippen LogP contribution in [-0.2, 0) is 14.3 Å². The van der Waals surface area contributed by atoms with Gasteiger partial charge < -0.3 is 20.3 Å². The quantitative estimate of drug-likeness (QED) is 0.671. The molecule has 2 rings (SSSR count). The van der Waals surface area contributed by atoms with Gasteiger partial charge in [0.1, 0.15) is 5.60 Å². The van der Waals surface area contributed by atoms with Crippen molar-refractivity contribution in [3.05, 3.63) is 40.9 Å². The first-order valence-electron chi connectivity index (χ1n) is 10.1. The van der Waals surface area contributed by atoms with Gasteiger partial charge in [0.2, 0.25) is 11.8 Å². The third-order valence-electron chi connectivity index (χ3n) is 4.57. The van der Waals surface area contributed by atoms with Crippen LogP contribution in [0.3, 0.4) is 0 Å². The zero-order valence-corrected chi connectivity index (χ0v) is 18.5. The summed E-state index contributed by atoms with van der Waals surface area (Å²) >= 11 is 5.95. The maximum Gasteiger partial charge on any atom is 0.408 e. The van der Waals surface area contributed by atoms with Crippen LogP contribution < -0.4 is 10.6 Å². The molecule has 0 aliphatic carbocycles. The third kappa shape index (κ3) is 8.86. The Bertz CT molecular complexity index is 781. The van der Waals surface area contributed by atoms with E-state index in [1.807, 2.05) is 17.0 Å². The lowest BCUT2D eigenvalue weighted by molar-refractivity contribution is -0.127. The smallest absolute Gasteiger partial charge is 0.408 e.